The lowest BCUT2D eigenvalue weighted by Crippen LogP contribution is -2.15. The van der Waals surface area contributed by atoms with Crippen LogP contribution in [0.1, 0.15) is 32.6 Å². The number of aryl methyl sites for hydroxylation is 1. The van der Waals surface area contributed by atoms with Crippen LogP contribution in [0.5, 0.6) is 0 Å². The Kier molecular flexibility index (Phi) is 2.93. The van der Waals surface area contributed by atoms with Crippen LogP contribution >= 0.6 is 0 Å². The van der Waals surface area contributed by atoms with Gasteiger partial charge in [0, 0.05) is 0 Å². The Morgan fingerprint density at radius 2 is 1.81 bits per heavy atom. The molecule has 0 N–H and O–H groups in total. The normalized spacial score (nSPS) is 20.7. The second-order valence-electron chi connectivity index (χ2n) is 4.10. The Balaban J connectivity index is 2.22. The van der Waals surface area contributed by atoms with E-state index in [9.17, 15) is 8.42 Å². The van der Waals surface area contributed by atoms with Crippen molar-refractivity contribution in [3.8, 4) is 0 Å². The molecule has 0 unspecified atom stereocenters. The van der Waals surface area contributed by atoms with Crippen LogP contribution in [-0.2, 0) is 14.3 Å². The Morgan fingerprint density at radius 1 is 1.25 bits per heavy atom. The second kappa shape index (κ2) is 4.55. The first-order valence-electron chi connectivity index (χ1n) is 5.94. The minimum atomic E-state index is -3.81. The molecule has 2 rings (SSSR count). The average Bonchev–Trinajstić information content (AvgIpc) is 2.64. The van der Waals surface area contributed by atoms with Gasteiger partial charge < -0.3 is 0 Å². The van der Waals surface area contributed by atoms with Crippen LogP contribution in [0.15, 0.2) is 29.2 Å². The molecule has 0 spiro atoms. The van der Waals surface area contributed by atoms with Crippen molar-refractivity contribution >= 4 is 10.1 Å². The molecule has 0 radical (unpaired) electrons. The molecule has 0 atom stereocenters. The molecule has 0 aliphatic heterocycles. The van der Waals surface area contributed by atoms with Crippen molar-refractivity contribution in [2.75, 3.05) is 0 Å². The summed E-state index contributed by atoms with van der Waals surface area (Å²) in [5, 5.41) is 0. The van der Waals surface area contributed by atoms with Crippen molar-refractivity contribution in [3.05, 3.63) is 29.8 Å². The Labute approximate surface area is 98.0 Å². The molecular weight excluding hydrogens is 224 g/mol. The van der Waals surface area contributed by atoms with Crippen LogP contribution in [-0.4, -0.2) is 14.5 Å². The molecular formula is C12H16O3S. The summed E-state index contributed by atoms with van der Waals surface area (Å²) in [6, 6.07) is 6.48. The first kappa shape index (κ1) is 10.3. The molecule has 1 fully saturated rings. The molecule has 0 saturated heterocycles. The zero-order chi connectivity index (χ0) is 12.5. The van der Waals surface area contributed by atoms with Gasteiger partial charge in [-0.25, -0.2) is 0 Å². The fourth-order valence-electron chi connectivity index (χ4n) is 1.76. The summed E-state index contributed by atoms with van der Waals surface area (Å²) < 4.78 is 36.9. The van der Waals surface area contributed by atoms with Gasteiger partial charge in [0.1, 0.15) is 0 Å². The van der Waals surface area contributed by atoms with Crippen molar-refractivity contribution in [1.82, 2.24) is 0 Å². The van der Waals surface area contributed by atoms with Crippen molar-refractivity contribution in [1.29, 1.82) is 0 Å². The minimum absolute atomic E-state index is 0.127. The monoisotopic (exact) mass is 241 g/mol. The van der Waals surface area contributed by atoms with Gasteiger partial charge in [-0.15, -0.1) is 0 Å². The standard InChI is InChI=1S/C12H16O3S/c1-10-6-8-12(9-7-10)16(13,14)15-11-4-2-3-5-11/h6-9,11H,2-5H2,1H3/i11D. The van der Waals surface area contributed by atoms with Gasteiger partial charge in [-0.2, -0.15) is 8.42 Å². The molecule has 1 aromatic rings. The maximum Gasteiger partial charge on any atom is 0.297 e. The highest BCUT2D eigenvalue weighted by Gasteiger charge is 2.24. The molecule has 0 heterocycles. The van der Waals surface area contributed by atoms with Crippen molar-refractivity contribution in [2.24, 2.45) is 0 Å². The number of hydrogen-bond donors (Lipinski definition) is 0. The molecule has 0 aromatic heterocycles. The van der Waals surface area contributed by atoms with Crippen LogP contribution in [0.25, 0.3) is 0 Å². The van der Waals surface area contributed by atoms with E-state index in [4.69, 9.17) is 5.55 Å². The van der Waals surface area contributed by atoms with E-state index in [2.05, 4.69) is 0 Å². The summed E-state index contributed by atoms with van der Waals surface area (Å²) in [6.45, 7) is 1.89. The van der Waals surface area contributed by atoms with Crippen LogP contribution in [0, 0.1) is 6.92 Å². The van der Waals surface area contributed by atoms with Gasteiger partial charge in [0.15, 0.2) is 0 Å². The third-order valence-electron chi connectivity index (χ3n) is 2.70. The van der Waals surface area contributed by atoms with Crippen molar-refractivity contribution < 1.29 is 14.0 Å². The van der Waals surface area contributed by atoms with Crippen LogP contribution in [0.4, 0.5) is 0 Å². The van der Waals surface area contributed by atoms with E-state index in [0.717, 1.165) is 18.4 Å². The summed E-state index contributed by atoms with van der Waals surface area (Å²) in [6.07, 6.45) is 1.42. The molecule has 3 nitrogen and oxygen atoms in total. The number of hydrogen-bond acceptors (Lipinski definition) is 3. The molecule has 1 aromatic carbocycles. The molecule has 0 bridgehead atoms. The van der Waals surface area contributed by atoms with E-state index in [1.807, 2.05) is 6.92 Å². The largest absolute Gasteiger partial charge is 0.297 e. The topological polar surface area (TPSA) is 43.4 Å². The highest BCUT2D eigenvalue weighted by molar-refractivity contribution is 7.86. The first-order valence-corrected chi connectivity index (χ1v) is 6.84. The predicted octanol–water partition coefficient (Wildman–Crippen LogP) is 2.64. The van der Waals surface area contributed by atoms with E-state index < -0.39 is 16.2 Å². The lowest BCUT2D eigenvalue weighted by Gasteiger charge is -2.11. The number of benzene rings is 1. The lowest BCUT2D eigenvalue weighted by molar-refractivity contribution is 0.217. The minimum Gasteiger partial charge on any atom is -0.263 e. The molecule has 1 aliphatic carbocycles. The summed E-state index contributed by atoms with van der Waals surface area (Å²) in [4.78, 5) is 0.127. The number of rotatable bonds is 3. The van der Waals surface area contributed by atoms with Crippen LogP contribution < -0.4 is 0 Å². The zero-order valence-electron chi connectivity index (χ0n) is 10.3. The third-order valence-corrected chi connectivity index (χ3v) is 4.00. The summed E-state index contributed by atoms with van der Waals surface area (Å²) in [7, 11) is -3.81. The second-order valence-corrected chi connectivity index (χ2v) is 5.64. The zero-order valence-corrected chi connectivity index (χ0v) is 10.1. The quantitative estimate of drug-likeness (QED) is 0.764. The van der Waals surface area contributed by atoms with Gasteiger partial charge in [-0.05, 0) is 31.9 Å². The maximum atomic E-state index is 12.0. The Morgan fingerprint density at radius 3 is 2.38 bits per heavy atom. The summed E-state index contributed by atoms with van der Waals surface area (Å²) >= 11 is 0. The molecule has 1 saturated carbocycles. The molecule has 4 heteroatoms. The van der Waals surface area contributed by atoms with E-state index in [0.29, 0.717) is 12.8 Å². The maximum absolute atomic E-state index is 12.0. The SMILES string of the molecule is [2H]C1(OS(=O)(=O)c2ccc(C)cc2)CCCC1. The predicted molar refractivity (Wildman–Crippen MR) is 61.7 cm³/mol. The molecule has 0 amide bonds. The van der Waals surface area contributed by atoms with Gasteiger partial charge in [0.2, 0.25) is 0 Å². The van der Waals surface area contributed by atoms with Crippen molar-refractivity contribution in [3.63, 3.8) is 0 Å². The van der Waals surface area contributed by atoms with Gasteiger partial charge in [0.05, 0.1) is 12.3 Å². The first-order chi connectivity index (χ1) is 7.91. The van der Waals surface area contributed by atoms with E-state index in [-0.39, 0.29) is 4.90 Å². The Bertz CT molecular complexity index is 487. The van der Waals surface area contributed by atoms with Crippen molar-refractivity contribution in [2.45, 2.75) is 43.6 Å². The van der Waals surface area contributed by atoms with Crippen LogP contribution in [0.2, 0.25) is 0 Å². The average molecular weight is 241 g/mol. The smallest absolute Gasteiger partial charge is 0.263 e. The molecule has 88 valence electrons. The van der Waals surface area contributed by atoms with Gasteiger partial charge in [-0.3, -0.25) is 4.18 Å². The highest BCUT2D eigenvalue weighted by atomic mass is 32.2. The van der Waals surface area contributed by atoms with Crippen LogP contribution in [0.3, 0.4) is 0 Å². The molecule has 1 aliphatic rings. The molecule has 16 heavy (non-hydrogen) atoms. The fraction of sp³-hybridized carbons (Fsp3) is 0.500. The van der Waals surface area contributed by atoms with E-state index in [1.54, 1.807) is 12.1 Å². The van der Waals surface area contributed by atoms with Gasteiger partial charge in [0.25, 0.3) is 10.1 Å². The van der Waals surface area contributed by atoms with E-state index in [1.165, 1.54) is 12.1 Å². The Hall–Kier alpha value is -0.870. The highest BCUT2D eigenvalue weighted by Crippen LogP contribution is 2.25. The summed E-state index contributed by atoms with van der Waals surface area (Å²) in [5.74, 6) is 0. The van der Waals surface area contributed by atoms with E-state index >= 15 is 0 Å². The third kappa shape index (κ3) is 2.62. The lowest BCUT2D eigenvalue weighted by atomic mass is 10.2. The van der Waals surface area contributed by atoms with Gasteiger partial charge >= 0.3 is 0 Å². The fourth-order valence-corrected chi connectivity index (χ4v) is 2.80. The van der Waals surface area contributed by atoms with Gasteiger partial charge in [-0.1, -0.05) is 30.5 Å². The summed E-state index contributed by atoms with van der Waals surface area (Å²) in [5.41, 5.74) is 0.991.